The molecule has 0 radical (unpaired) electrons. The lowest BCUT2D eigenvalue weighted by molar-refractivity contribution is -0.220. The maximum Gasteiger partial charge on any atom is 0.425 e. The molecule has 0 unspecified atom stereocenters. The number of benzene rings is 1. The zero-order valence-electron chi connectivity index (χ0n) is 12.7. The molecule has 1 aromatic carbocycles. The van der Waals surface area contributed by atoms with Gasteiger partial charge < -0.3 is 19.7 Å². The van der Waals surface area contributed by atoms with Crippen LogP contribution < -0.4 is 0 Å². The van der Waals surface area contributed by atoms with E-state index in [1.807, 2.05) is 0 Å². The lowest BCUT2D eigenvalue weighted by atomic mass is 10.1. The van der Waals surface area contributed by atoms with Crippen molar-refractivity contribution in [2.24, 2.45) is 0 Å². The number of hydrogen-bond acceptors (Lipinski definition) is 6. The van der Waals surface area contributed by atoms with Gasteiger partial charge in [-0.1, -0.05) is 24.3 Å². The quantitative estimate of drug-likeness (QED) is 0.567. The third-order valence-corrected chi connectivity index (χ3v) is 2.92. The van der Waals surface area contributed by atoms with Crippen LogP contribution in [-0.2, 0) is 32.3 Å². The molecule has 0 saturated carbocycles. The third kappa shape index (κ3) is 6.19. The Labute approximate surface area is 141 Å². The van der Waals surface area contributed by atoms with Gasteiger partial charge in [-0.3, -0.25) is 0 Å². The van der Waals surface area contributed by atoms with Crippen LogP contribution in [0.2, 0.25) is 0 Å². The Hall–Kier alpha value is -2.34. The second-order valence-corrected chi connectivity index (χ2v) is 4.87. The van der Waals surface area contributed by atoms with Crippen LogP contribution in [0.15, 0.2) is 24.3 Å². The number of aliphatic hydroxyl groups excluding tert-OH is 2. The van der Waals surface area contributed by atoms with Gasteiger partial charge in [0.2, 0.25) is 12.2 Å². The summed E-state index contributed by atoms with van der Waals surface area (Å²) in [5.74, 6) is -3.95. The molecule has 0 aliphatic heterocycles. The summed E-state index contributed by atoms with van der Waals surface area (Å²) in [4.78, 5) is 22.2. The largest absolute Gasteiger partial charge is 0.459 e. The summed E-state index contributed by atoms with van der Waals surface area (Å²) in [5.41, 5.74) is 0.0362. The van der Waals surface area contributed by atoms with Crippen LogP contribution in [0.4, 0.5) is 26.3 Å². The van der Waals surface area contributed by atoms with Crippen molar-refractivity contribution in [2.45, 2.75) is 37.8 Å². The predicted molar refractivity (Wildman–Crippen MR) is 70.2 cm³/mol. The topological polar surface area (TPSA) is 93.1 Å². The highest BCUT2D eigenvalue weighted by atomic mass is 19.4. The molecule has 0 aromatic heterocycles. The maximum atomic E-state index is 12.2. The number of halogens is 6. The molecular weight excluding hydrogens is 378 g/mol. The number of carbonyl (C=O) groups is 2. The van der Waals surface area contributed by atoms with Gasteiger partial charge in [-0.05, 0) is 11.1 Å². The van der Waals surface area contributed by atoms with Gasteiger partial charge in [-0.2, -0.15) is 26.3 Å². The van der Waals surface area contributed by atoms with Gasteiger partial charge in [-0.25, -0.2) is 9.59 Å². The first-order valence-electron chi connectivity index (χ1n) is 6.73. The van der Waals surface area contributed by atoms with Gasteiger partial charge in [0.05, 0.1) is 0 Å². The molecule has 0 spiro atoms. The molecule has 2 atom stereocenters. The highest BCUT2D eigenvalue weighted by molar-refractivity contribution is 5.75. The fraction of sp³-hybridized carbons (Fsp3) is 0.429. The smallest absolute Gasteiger partial charge is 0.425 e. The molecule has 146 valence electrons. The van der Waals surface area contributed by atoms with E-state index in [2.05, 4.69) is 9.47 Å². The average Bonchev–Trinajstić information content (AvgIpc) is 2.55. The first-order valence-corrected chi connectivity index (χ1v) is 6.73. The Bertz CT molecular complexity index is 587. The molecular formula is C14H12F6O6. The summed E-state index contributed by atoms with van der Waals surface area (Å²) in [5, 5.41) is 17.4. The summed E-state index contributed by atoms with van der Waals surface area (Å²) < 4.78 is 81.5. The van der Waals surface area contributed by atoms with Crippen molar-refractivity contribution in [3.63, 3.8) is 0 Å². The minimum absolute atomic E-state index is 0.0181. The summed E-state index contributed by atoms with van der Waals surface area (Å²) >= 11 is 0. The molecule has 0 aliphatic rings. The monoisotopic (exact) mass is 390 g/mol. The number of aliphatic hydroxyl groups is 2. The molecule has 0 fully saturated rings. The standard InChI is InChI=1S/C14H12F6O6/c15-13(16,17)9(21)11(23)25-5-7-3-1-2-4-8(7)6-26-12(24)10(22)14(18,19)20/h1-4,9-10,21-22H,5-6H2/t9-,10-/m0/s1. The number of alkyl halides is 6. The van der Waals surface area contributed by atoms with Crippen molar-refractivity contribution in [3.05, 3.63) is 35.4 Å². The van der Waals surface area contributed by atoms with Crippen LogP contribution in [0.1, 0.15) is 11.1 Å². The second-order valence-electron chi connectivity index (χ2n) is 4.87. The van der Waals surface area contributed by atoms with Crippen molar-refractivity contribution in [1.29, 1.82) is 0 Å². The normalized spacial score (nSPS) is 14.5. The highest BCUT2D eigenvalue weighted by Crippen LogP contribution is 2.23. The molecule has 1 aromatic rings. The summed E-state index contributed by atoms with van der Waals surface area (Å²) in [7, 11) is 0. The van der Waals surface area contributed by atoms with E-state index in [4.69, 9.17) is 10.2 Å². The second kappa shape index (κ2) is 8.36. The number of rotatable bonds is 6. The van der Waals surface area contributed by atoms with Crippen molar-refractivity contribution in [1.82, 2.24) is 0 Å². The zero-order chi connectivity index (χ0) is 20.1. The van der Waals surface area contributed by atoms with Crippen LogP contribution in [0.5, 0.6) is 0 Å². The molecule has 12 heteroatoms. The van der Waals surface area contributed by atoms with Crippen LogP contribution in [0, 0.1) is 0 Å². The Morgan fingerprint density at radius 3 is 1.38 bits per heavy atom. The average molecular weight is 390 g/mol. The molecule has 6 nitrogen and oxygen atoms in total. The molecule has 0 heterocycles. The molecule has 0 amide bonds. The molecule has 2 N–H and O–H groups in total. The first kappa shape index (κ1) is 21.7. The van der Waals surface area contributed by atoms with E-state index in [0.717, 1.165) is 0 Å². The van der Waals surface area contributed by atoms with Gasteiger partial charge in [0.15, 0.2) is 0 Å². The lowest BCUT2D eigenvalue weighted by Gasteiger charge is -2.16. The van der Waals surface area contributed by atoms with Crippen LogP contribution >= 0.6 is 0 Å². The van der Waals surface area contributed by atoms with E-state index >= 15 is 0 Å². The van der Waals surface area contributed by atoms with E-state index in [-0.39, 0.29) is 11.1 Å². The number of hydrogen-bond donors (Lipinski definition) is 2. The number of ether oxygens (including phenoxy) is 2. The van der Waals surface area contributed by atoms with E-state index in [1.54, 1.807) is 0 Å². The van der Waals surface area contributed by atoms with Crippen molar-refractivity contribution in [2.75, 3.05) is 0 Å². The Morgan fingerprint density at radius 2 is 1.12 bits per heavy atom. The fourth-order valence-corrected chi connectivity index (χ4v) is 1.56. The third-order valence-electron chi connectivity index (χ3n) is 2.92. The zero-order valence-corrected chi connectivity index (χ0v) is 12.7. The summed E-state index contributed by atoms with van der Waals surface area (Å²) in [6, 6.07) is 5.24. The SMILES string of the molecule is O=C(OCc1ccccc1COC(=O)[C@H](O)C(F)(F)F)[C@H](O)C(F)(F)F. The Morgan fingerprint density at radius 1 is 0.808 bits per heavy atom. The molecule has 26 heavy (non-hydrogen) atoms. The number of esters is 2. The fourth-order valence-electron chi connectivity index (χ4n) is 1.56. The Kier molecular flexibility index (Phi) is 6.98. The summed E-state index contributed by atoms with van der Waals surface area (Å²) in [6.45, 7) is -1.52. The van der Waals surface area contributed by atoms with E-state index in [0.29, 0.717) is 0 Å². The van der Waals surface area contributed by atoms with Gasteiger partial charge in [-0.15, -0.1) is 0 Å². The molecule has 0 aliphatic carbocycles. The van der Waals surface area contributed by atoms with E-state index in [9.17, 15) is 35.9 Å². The number of carbonyl (C=O) groups excluding carboxylic acids is 2. The van der Waals surface area contributed by atoms with Gasteiger partial charge in [0.25, 0.3) is 0 Å². The van der Waals surface area contributed by atoms with Crippen molar-refractivity contribution in [3.8, 4) is 0 Å². The lowest BCUT2D eigenvalue weighted by Crippen LogP contribution is -2.38. The maximum absolute atomic E-state index is 12.2. The van der Waals surface area contributed by atoms with Crippen LogP contribution in [0.3, 0.4) is 0 Å². The summed E-state index contributed by atoms with van der Waals surface area (Å²) in [6.07, 6.45) is -17.1. The minimum Gasteiger partial charge on any atom is -0.459 e. The van der Waals surface area contributed by atoms with Gasteiger partial charge in [0, 0.05) is 0 Å². The highest BCUT2D eigenvalue weighted by Gasteiger charge is 2.45. The van der Waals surface area contributed by atoms with Crippen LogP contribution in [-0.4, -0.2) is 46.7 Å². The van der Waals surface area contributed by atoms with Gasteiger partial charge >= 0.3 is 24.3 Å². The molecule has 0 saturated heterocycles. The first-order chi connectivity index (χ1) is 11.8. The Balaban J connectivity index is 2.71. The van der Waals surface area contributed by atoms with E-state index in [1.165, 1.54) is 24.3 Å². The van der Waals surface area contributed by atoms with Crippen molar-refractivity contribution >= 4 is 11.9 Å². The molecule has 0 bridgehead atoms. The predicted octanol–water partition coefficient (Wildman–Crippen LogP) is 1.62. The molecule has 1 rings (SSSR count). The van der Waals surface area contributed by atoms with Crippen molar-refractivity contribution < 1.29 is 55.6 Å². The minimum atomic E-state index is -5.22. The van der Waals surface area contributed by atoms with Crippen LogP contribution in [0.25, 0.3) is 0 Å². The van der Waals surface area contributed by atoms with Gasteiger partial charge in [0.1, 0.15) is 13.2 Å². The van der Waals surface area contributed by atoms with E-state index < -0.39 is 49.7 Å².